The first-order valence-corrected chi connectivity index (χ1v) is 10.9. The van der Waals surface area contributed by atoms with Gasteiger partial charge in [-0.1, -0.05) is 30.3 Å². The van der Waals surface area contributed by atoms with Crippen molar-refractivity contribution in [1.29, 1.82) is 0 Å². The molecule has 1 spiro atoms. The quantitative estimate of drug-likeness (QED) is 0.815. The molecule has 3 aliphatic heterocycles. The van der Waals surface area contributed by atoms with Gasteiger partial charge in [-0.2, -0.15) is 0 Å². The number of carbonyl (C=O) groups excluding carboxylic acids is 1. The third-order valence-electron chi connectivity index (χ3n) is 7.11. The molecule has 3 fully saturated rings. The van der Waals surface area contributed by atoms with E-state index in [4.69, 9.17) is 0 Å². The molecule has 0 saturated carbocycles. The number of carbonyl (C=O) groups is 1. The number of piperidine rings is 2. The van der Waals surface area contributed by atoms with Crippen molar-refractivity contribution in [2.24, 2.45) is 5.41 Å². The Hall–Kier alpha value is -1.39. The molecule has 27 heavy (non-hydrogen) atoms. The highest BCUT2D eigenvalue weighted by molar-refractivity contribution is 5.76. The van der Waals surface area contributed by atoms with Crippen LogP contribution < -0.4 is 0 Å². The minimum atomic E-state index is 0.370. The molecule has 0 aliphatic carbocycles. The SMILES string of the molecule is CN1C[C@H](c2ccccc2)CC2(CCN(CCC(=O)N3CCCC3)CC2)C1. The van der Waals surface area contributed by atoms with Crippen LogP contribution in [0.2, 0.25) is 0 Å². The highest BCUT2D eigenvalue weighted by Crippen LogP contribution is 2.44. The maximum absolute atomic E-state index is 12.3. The molecular formula is C23H35N3O. The van der Waals surface area contributed by atoms with Gasteiger partial charge in [0.15, 0.2) is 0 Å². The number of benzene rings is 1. The van der Waals surface area contributed by atoms with Gasteiger partial charge in [-0.3, -0.25) is 4.79 Å². The monoisotopic (exact) mass is 369 g/mol. The molecule has 4 rings (SSSR count). The third kappa shape index (κ3) is 4.55. The number of amides is 1. The Morgan fingerprint density at radius 3 is 2.48 bits per heavy atom. The minimum absolute atomic E-state index is 0.370. The fraction of sp³-hybridized carbons (Fsp3) is 0.696. The summed E-state index contributed by atoms with van der Waals surface area (Å²) in [5, 5.41) is 0. The van der Waals surface area contributed by atoms with Crippen molar-refractivity contribution >= 4 is 5.91 Å². The number of nitrogens with zero attached hydrogens (tertiary/aromatic N) is 3. The Labute approximate surface area is 164 Å². The zero-order valence-electron chi connectivity index (χ0n) is 16.9. The van der Waals surface area contributed by atoms with Gasteiger partial charge in [0.05, 0.1) is 0 Å². The summed E-state index contributed by atoms with van der Waals surface area (Å²) in [6.45, 7) is 7.63. The molecule has 3 saturated heterocycles. The van der Waals surface area contributed by atoms with Crippen LogP contribution in [0.1, 0.15) is 50.0 Å². The number of hydrogen-bond acceptors (Lipinski definition) is 3. The molecule has 1 aromatic carbocycles. The van der Waals surface area contributed by atoms with Crippen LogP contribution in [0.15, 0.2) is 30.3 Å². The van der Waals surface area contributed by atoms with E-state index in [0.29, 0.717) is 23.7 Å². The molecule has 3 heterocycles. The lowest BCUT2D eigenvalue weighted by Crippen LogP contribution is -2.50. The van der Waals surface area contributed by atoms with Gasteiger partial charge in [0.1, 0.15) is 0 Å². The van der Waals surface area contributed by atoms with Crippen LogP contribution in [0.3, 0.4) is 0 Å². The summed E-state index contributed by atoms with van der Waals surface area (Å²) in [4.78, 5) is 19.5. The van der Waals surface area contributed by atoms with Crippen LogP contribution in [0.25, 0.3) is 0 Å². The summed E-state index contributed by atoms with van der Waals surface area (Å²) in [5.74, 6) is 1.03. The number of likely N-dealkylation sites (tertiary alicyclic amines) is 3. The van der Waals surface area contributed by atoms with Gasteiger partial charge in [-0.05, 0) is 69.1 Å². The van der Waals surface area contributed by atoms with Crippen molar-refractivity contribution in [3.63, 3.8) is 0 Å². The fourth-order valence-corrected chi connectivity index (χ4v) is 5.61. The summed E-state index contributed by atoms with van der Waals surface area (Å²) >= 11 is 0. The lowest BCUT2D eigenvalue weighted by Gasteiger charge is -2.49. The lowest BCUT2D eigenvalue weighted by molar-refractivity contribution is -0.130. The zero-order valence-corrected chi connectivity index (χ0v) is 16.9. The molecule has 0 aromatic heterocycles. The maximum Gasteiger partial charge on any atom is 0.223 e. The third-order valence-corrected chi connectivity index (χ3v) is 7.11. The summed E-state index contributed by atoms with van der Waals surface area (Å²) in [7, 11) is 2.29. The van der Waals surface area contributed by atoms with E-state index in [9.17, 15) is 4.79 Å². The number of likely N-dealkylation sites (N-methyl/N-ethyl adjacent to an activating group) is 1. The van der Waals surface area contributed by atoms with Gasteiger partial charge in [0, 0.05) is 39.1 Å². The molecule has 1 atom stereocenters. The lowest BCUT2D eigenvalue weighted by atomic mass is 9.68. The van der Waals surface area contributed by atoms with E-state index in [0.717, 1.165) is 32.7 Å². The molecule has 3 aliphatic rings. The van der Waals surface area contributed by atoms with E-state index in [2.05, 4.69) is 52.1 Å². The summed E-state index contributed by atoms with van der Waals surface area (Å²) in [6.07, 6.45) is 6.96. The van der Waals surface area contributed by atoms with Crippen molar-refractivity contribution in [3.8, 4) is 0 Å². The predicted octanol–water partition coefficient (Wildman–Crippen LogP) is 3.20. The molecule has 4 nitrogen and oxygen atoms in total. The van der Waals surface area contributed by atoms with Gasteiger partial charge in [0.25, 0.3) is 0 Å². The van der Waals surface area contributed by atoms with Crippen LogP contribution in [0, 0.1) is 5.41 Å². The van der Waals surface area contributed by atoms with E-state index >= 15 is 0 Å². The first kappa shape index (κ1) is 18.9. The Morgan fingerprint density at radius 2 is 1.78 bits per heavy atom. The Balaban J connectivity index is 1.30. The van der Waals surface area contributed by atoms with Crippen LogP contribution in [-0.2, 0) is 4.79 Å². The smallest absolute Gasteiger partial charge is 0.223 e. The van der Waals surface area contributed by atoms with Gasteiger partial charge in [-0.15, -0.1) is 0 Å². The molecule has 1 aromatic rings. The highest BCUT2D eigenvalue weighted by Gasteiger charge is 2.41. The van der Waals surface area contributed by atoms with Crippen LogP contribution in [0.4, 0.5) is 0 Å². The highest BCUT2D eigenvalue weighted by atomic mass is 16.2. The fourth-order valence-electron chi connectivity index (χ4n) is 5.61. The van der Waals surface area contributed by atoms with E-state index in [-0.39, 0.29) is 0 Å². The van der Waals surface area contributed by atoms with E-state index in [1.54, 1.807) is 0 Å². The average Bonchev–Trinajstić information content (AvgIpc) is 3.22. The van der Waals surface area contributed by atoms with Crippen molar-refractivity contribution in [1.82, 2.24) is 14.7 Å². The topological polar surface area (TPSA) is 26.8 Å². The number of hydrogen-bond donors (Lipinski definition) is 0. The molecule has 0 radical (unpaired) electrons. The summed E-state index contributed by atoms with van der Waals surface area (Å²) in [5.41, 5.74) is 1.96. The molecule has 0 unspecified atom stereocenters. The Morgan fingerprint density at radius 1 is 1.07 bits per heavy atom. The largest absolute Gasteiger partial charge is 0.343 e. The normalized spacial score (nSPS) is 26.6. The molecule has 148 valence electrons. The van der Waals surface area contributed by atoms with E-state index in [1.165, 1.54) is 50.8 Å². The van der Waals surface area contributed by atoms with Crippen LogP contribution >= 0.6 is 0 Å². The Kier molecular flexibility index (Phi) is 5.84. The van der Waals surface area contributed by atoms with Crippen molar-refractivity contribution in [2.45, 2.75) is 44.4 Å². The van der Waals surface area contributed by atoms with Gasteiger partial charge in [0.2, 0.25) is 5.91 Å². The molecule has 0 N–H and O–H groups in total. The van der Waals surface area contributed by atoms with Crippen molar-refractivity contribution in [3.05, 3.63) is 35.9 Å². The van der Waals surface area contributed by atoms with E-state index < -0.39 is 0 Å². The van der Waals surface area contributed by atoms with Gasteiger partial charge < -0.3 is 14.7 Å². The average molecular weight is 370 g/mol. The van der Waals surface area contributed by atoms with Gasteiger partial charge in [-0.25, -0.2) is 0 Å². The van der Waals surface area contributed by atoms with E-state index in [1.807, 2.05) is 0 Å². The van der Waals surface area contributed by atoms with Crippen LogP contribution in [0.5, 0.6) is 0 Å². The maximum atomic E-state index is 12.3. The number of rotatable bonds is 4. The first-order valence-electron chi connectivity index (χ1n) is 10.9. The summed E-state index contributed by atoms with van der Waals surface area (Å²) < 4.78 is 0. The molecular weight excluding hydrogens is 334 g/mol. The minimum Gasteiger partial charge on any atom is -0.343 e. The van der Waals surface area contributed by atoms with Crippen LogP contribution in [-0.4, -0.2) is 73.5 Å². The zero-order chi connectivity index (χ0) is 18.7. The predicted molar refractivity (Wildman–Crippen MR) is 110 cm³/mol. The van der Waals surface area contributed by atoms with Crippen molar-refractivity contribution < 1.29 is 4.79 Å². The second kappa shape index (κ2) is 8.32. The second-order valence-corrected chi connectivity index (χ2v) is 9.19. The first-order chi connectivity index (χ1) is 13.1. The summed E-state index contributed by atoms with van der Waals surface area (Å²) in [6, 6.07) is 11.1. The molecule has 4 heteroatoms. The second-order valence-electron chi connectivity index (χ2n) is 9.19. The molecule has 0 bridgehead atoms. The standard InChI is InChI=1S/C23H35N3O/c1-24-18-21(20-7-3-2-4-8-20)17-23(19-24)10-15-25(16-11-23)14-9-22(27)26-12-5-6-13-26/h2-4,7-8,21H,5-6,9-19H2,1H3/t21-/m1/s1. The molecule has 1 amide bonds. The van der Waals surface area contributed by atoms with Gasteiger partial charge >= 0.3 is 0 Å². The Bertz CT molecular complexity index is 618. The van der Waals surface area contributed by atoms with Crippen molar-refractivity contribution in [2.75, 3.05) is 52.9 Å².